The molecule has 6 aromatic rings. The molecule has 4 aromatic heterocycles. The van der Waals surface area contributed by atoms with Crippen LogP contribution in [-0.2, 0) is 7.05 Å². The van der Waals surface area contributed by atoms with Crippen LogP contribution in [0.5, 0.6) is 0 Å². The number of nitrogens with zero attached hydrogens (tertiary/aromatic N) is 1. The second-order valence-corrected chi connectivity index (χ2v) is 9.31. The SMILES string of the molecule is Cc1cc2ccc3c(oc4c5ccc6cc(C)sc6c5n(C)c34)c2s1. The van der Waals surface area contributed by atoms with E-state index in [1.807, 2.05) is 22.7 Å². The summed E-state index contributed by atoms with van der Waals surface area (Å²) in [5.74, 6) is 0. The van der Waals surface area contributed by atoms with Crippen molar-refractivity contribution in [2.45, 2.75) is 13.8 Å². The Kier molecular flexibility index (Phi) is 2.48. The average molecular weight is 361 g/mol. The molecule has 122 valence electrons. The van der Waals surface area contributed by atoms with Gasteiger partial charge in [-0.25, -0.2) is 0 Å². The highest BCUT2D eigenvalue weighted by Gasteiger charge is 2.20. The normalized spacial score (nSPS) is 12.6. The van der Waals surface area contributed by atoms with Crippen molar-refractivity contribution in [3.8, 4) is 0 Å². The lowest BCUT2D eigenvalue weighted by Crippen LogP contribution is -1.86. The summed E-state index contributed by atoms with van der Waals surface area (Å²) in [5, 5.41) is 5.02. The molecule has 0 spiro atoms. The quantitative estimate of drug-likeness (QED) is 0.281. The lowest BCUT2D eigenvalue weighted by atomic mass is 10.2. The van der Waals surface area contributed by atoms with Crippen molar-refractivity contribution >= 4 is 75.8 Å². The molecule has 0 aliphatic carbocycles. The van der Waals surface area contributed by atoms with Crippen molar-refractivity contribution in [2.24, 2.45) is 7.05 Å². The molecular formula is C21H15NOS2. The molecule has 0 bridgehead atoms. The second-order valence-electron chi connectivity index (χ2n) is 6.79. The van der Waals surface area contributed by atoms with E-state index in [1.54, 1.807) is 0 Å². The Morgan fingerprint density at radius 3 is 2.08 bits per heavy atom. The van der Waals surface area contributed by atoms with Crippen LogP contribution in [0.3, 0.4) is 0 Å². The van der Waals surface area contributed by atoms with Gasteiger partial charge in [-0.2, -0.15) is 0 Å². The predicted octanol–water partition coefficient (Wildman–Crippen LogP) is 7.12. The fraction of sp³-hybridized carbons (Fsp3) is 0.143. The molecule has 0 radical (unpaired) electrons. The number of aryl methyl sites for hydroxylation is 3. The molecule has 6 rings (SSSR count). The van der Waals surface area contributed by atoms with Crippen LogP contribution in [-0.4, -0.2) is 4.57 Å². The summed E-state index contributed by atoms with van der Waals surface area (Å²) in [4.78, 5) is 2.67. The number of rotatable bonds is 0. The van der Waals surface area contributed by atoms with Crippen molar-refractivity contribution < 1.29 is 4.42 Å². The average Bonchev–Trinajstić information content (AvgIpc) is 3.28. The van der Waals surface area contributed by atoms with Crippen LogP contribution < -0.4 is 0 Å². The zero-order valence-corrected chi connectivity index (χ0v) is 15.8. The molecule has 2 aromatic carbocycles. The molecule has 0 fully saturated rings. The summed E-state index contributed by atoms with van der Waals surface area (Å²) in [6.07, 6.45) is 0. The number of thiophene rings is 2. The molecule has 0 saturated heterocycles. The van der Waals surface area contributed by atoms with E-state index in [0.717, 1.165) is 11.2 Å². The fourth-order valence-electron chi connectivity index (χ4n) is 4.13. The Labute approximate surface area is 151 Å². The minimum Gasteiger partial charge on any atom is -0.452 e. The molecular weight excluding hydrogens is 346 g/mol. The molecule has 0 aliphatic rings. The second kappa shape index (κ2) is 4.45. The van der Waals surface area contributed by atoms with Crippen LogP contribution in [0.1, 0.15) is 9.75 Å². The van der Waals surface area contributed by atoms with Crippen LogP contribution in [0, 0.1) is 13.8 Å². The van der Waals surface area contributed by atoms with Crippen LogP contribution in [0.25, 0.3) is 53.1 Å². The van der Waals surface area contributed by atoms with Crippen LogP contribution in [0.4, 0.5) is 0 Å². The van der Waals surface area contributed by atoms with E-state index in [2.05, 4.69) is 61.9 Å². The van der Waals surface area contributed by atoms with E-state index in [0.29, 0.717) is 0 Å². The minimum atomic E-state index is 1.01. The topological polar surface area (TPSA) is 18.1 Å². The monoisotopic (exact) mass is 361 g/mol. The first-order valence-electron chi connectivity index (χ1n) is 8.35. The van der Waals surface area contributed by atoms with Gasteiger partial charge in [0.05, 0.1) is 20.4 Å². The third kappa shape index (κ3) is 1.64. The van der Waals surface area contributed by atoms with E-state index in [1.165, 1.54) is 51.7 Å². The van der Waals surface area contributed by atoms with Gasteiger partial charge in [-0.05, 0) is 48.9 Å². The first-order chi connectivity index (χ1) is 12.1. The number of fused-ring (bicyclic) bond motifs is 9. The Hall–Kier alpha value is -2.30. The van der Waals surface area contributed by atoms with E-state index in [9.17, 15) is 0 Å². The summed E-state index contributed by atoms with van der Waals surface area (Å²) in [6, 6.07) is 13.4. The van der Waals surface area contributed by atoms with Gasteiger partial charge >= 0.3 is 0 Å². The maximum Gasteiger partial charge on any atom is 0.161 e. The van der Waals surface area contributed by atoms with Gasteiger partial charge in [-0.3, -0.25) is 0 Å². The van der Waals surface area contributed by atoms with Crippen LogP contribution in [0.2, 0.25) is 0 Å². The van der Waals surface area contributed by atoms with Crippen molar-refractivity contribution in [3.63, 3.8) is 0 Å². The molecule has 0 atom stereocenters. The smallest absolute Gasteiger partial charge is 0.161 e. The summed E-state index contributed by atoms with van der Waals surface area (Å²) in [5.41, 5.74) is 4.53. The highest BCUT2D eigenvalue weighted by Crippen LogP contribution is 2.43. The first-order valence-corrected chi connectivity index (χ1v) is 9.98. The minimum absolute atomic E-state index is 1.01. The van der Waals surface area contributed by atoms with Gasteiger partial charge in [0.25, 0.3) is 0 Å². The number of aromatic nitrogens is 1. The van der Waals surface area contributed by atoms with E-state index in [4.69, 9.17) is 4.42 Å². The molecule has 0 amide bonds. The Balaban J connectivity index is 1.89. The van der Waals surface area contributed by atoms with Crippen molar-refractivity contribution in [1.29, 1.82) is 0 Å². The predicted molar refractivity (Wildman–Crippen MR) is 110 cm³/mol. The van der Waals surface area contributed by atoms with Gasteiger partial charge < -0.3 is 8.98 Å². The van der Waals surface area contributed by atoms with Crippen molar-refractivity contribution in [3.05, 3.63) is 46.2 Å². The largest absolute Gasteiger partial charge is 0.452 e. The Morgan fingerprint density at radius 2 is 1.36 bits per heavy atom. The van der Waals surface area contributed by atoms with Gasteiger partial charge in [0, 0.05) is 27.6 Å². The lowest BCUT2D eigenvalue weighted by Gasteiger charge is -2.00. The summed E-state index contributed by atoms with van der Waals surface area (Å²) >= 11 is 3.68. The molecule has 4 heteroatoms. The Bertz CT molecular complexity index is 1470. The van der Waals surface area contributed by atoms with E-state index in [-0.39, 0.29) is 0 Å². The zero-order chi connectivity index (χ0) is 16.9. The van der Waals surface area contributed by atoms with E-state index >= 15 is 0 Å². The molecule has 2 nitrogen and oxygen atoms in total. The molecule has 0 N–H and O–H groups in total. The highest BCUT2D eigenvalue weighted by molar-refractivity contribution is 7.20. The van der Waals surface area contributed by atoms with E-state index < -0.39 is 0 Å². The number of hydrogen-bond acceptors (Lipinski definition) is 3. The van der Waals surface area contributed by atoms with Crippen LogP contribution in [0.15, 0.2) is 40.8 Å². The van der Waals surface area contributed by atoms with Gasteiger partial charge in [-0.15, -0.1) is 22.7 Å². The van der Waals surface area contributed by atoms with Gasteiger partial charge in [0.15, 0.2) is 11.2 Å². The third-order valence-electron chi connectivity index (χ3n) is 5.14. The first kappa shape index (κ1) is 13.9. The third-order valence-corrected chi connectivity index (χ3v) is 7.28. The molecule has 0 unspecified atom stereocenters. The van der Waals surface area contributed by atoms with Crippen LogP contribution >= 0.6 is 22.7 Å². The van der Waals surface area contributed by atoms with Gasteiger partial charge in [0.1, 0.15) is 0 Å². The molecule has 25 heavy (non-hydrogen) atoms. The summed E-state index contributed by atoms with van der Waals surface area (Å²) < 4.78 is 11.4. The molecule has 0 aliphatic heterocycles. The maximum atomic E-state index is 6.46. The lowest BCUT2D eigenvalue weighted by molar-refractivity contribution is 0.677. The number of benzene rings is 2. The molecule has 0 saturated carbocycles. The maximum absolute atomic E-state index is 6.46. The zero-order valence-electron chi connectivity index (χ0n) is 14.1. The summed E-state index contributed by atoms with van der Waals surface area (Å²) in [7, 11) is 2.16. The number of furan rings is 1. The fourth-order valence-corrected chi connectivity index (χ4v) is 6.22. The van der Waals surface area contributed by atoms with Gasteiger partial charge in [-0.1, -0.05) is 12.1 Å². The Morgan fingerprint density at radius 1 is 0.760 bits per heavy atom. The van der Waals surface area contributed by atoms with Gasteiger partial charge in [0.2, 0.25) is 0 Å². The standard InChI is InChI=1S/C21H15NOS2/c1-10-8-12-4-7-15-17(20(12)24-10)22(3)16-14-6-5-13-9-11(2)25-21(13)19(14)23-18(15)16/h4-9H,1-3H3. The van der Waals surface area contributed by atoms with Crippen molar-refractivity contribution in [2.75, 3.05) is 0 Å². The number of hydrogen-bond donors (Lipinski definition) is 0. The summed E-state index contributed by atoms with van der Waals surface area (Å²) in [6.45, 7) is 4.33. The molecule has 4 heterocycles. The highest BCUT2D eigenvalue weighted by atomic mass is 32.1. The van der Waals surface area contributed by atoms with Crippen molar-refractivity contribution in [1.82, 2.24) is 4.57 Å².